The van der Waals surface area contributed by atoms with Crippen LogP contribution in [0.4, 0.5) is 0 Å². The normalized spacial score (nSPS) is 8.19. The summed E-state index contributed by atoms with van der Waals surface area (Å²) in [6, 6.07) is 25.5. The molecule has 4 heteroatoms. The fourth-order valence-electron chi connectivity index (χ4n) is 2.61. The first kappa shape index (κ1) is 30.1. The van der Waals surface area contributed by atoms with Crippen molar-refractivity contribution in [1.82, 2.24) is 0 Å². The molecule has 0 heterocycles. The fourth-order valence-corrected chi connectivity index (χ4v) is 2.61. The van der Waals surface area contributed by atoms with Crippen molar-refractivity contribution >= 4 is 53.2 Å². The molecule has 140 valence electrons. The Morgan fingerprint density at radius 1 is 0.654 bits per heavy atom. The van der Waals surface area contributed by atoms with E-state index in [1.807, 2.05) is 0 Å². The van der Waals surface area contributed by atoms with Crippen molar-refractivity contribution in [1.29, 1.82) is 0 Å². The van der Waals surface area contributed by atoms with Gasteiger partial charge in [-0.15, -0.1) is 94.9 Å². The van der Waals surface area contributed by atoms with Crippen LogP contribution in [0.2, 0.25) is 0 Å². The summed E-state index contributed by atoms with van der Waals surface area (Å²) in [5.41, 5.74) is 2.74. The van der Waals surface area contributed by atoms with Crippen molar-refractivity contribution in [3.8, 4) is 0 Å². The minimum absolute atomic E-state index is 0. The second-order valence-corrected chi connectivity index (χ2v) is 5.21. The van der Waals surface area contributed by atoms with Gasteiger partial charge >= 0.3 is 30.2 Å². The van der Waals surface area contributed by atoms with E-state index in [-0.39, 0.29) is 39.7 Å². The molecule has 2 radical (unpaired) electrons. The van der Waals surface area contributed by atoms with E-state index in [4.69, 9.17) is 0 Å². The monoisotopic (exact) mass is 478 g/mol. The molecule has 0 nitrogen and oxygen atoms in total. The predicted octanol–water partition coefficient (Wildman–Crippen LogP) is 7.10. The summed E-state index contributed by atoms with van der Waals surface area (Å²) in [6.07, 6.45) is 0. The van der Waals surface area contributed by atoms with Crippen molar-refractivity contribution in [3.05, 3.63) is 98.8 Å². The van der Waals surface area contributed by atoms with Gasteiger partial charge in [0.05, 0.1) is 0 Å². The quantitative estimate of drug-likeness (QED) is 0.186. The Balaban J connectivity index is -0.000000326. The predicted molar refractivity (Wildman–Crippen MR) is 122 cm³/mol. The molecule has 4 aromatic rings. The average Bonchev–Trinajstić information content (AvgIpc) is 3.15. The van der Waals surface area contributed by atoms with E-state index >= 15 is 0 Å². The Labute approximate surface area is 188 Å². The second kappa shape index (κ2) is 15.4. The SMILES string of the molecule is Cc1c[cH-]c2ccccc12.Cc1c[cH-]c2ccccc12.Cl.Cl.[CH3-].[CH3-].[Si]=[Zr]. The Kier molecular flexibility index (Phi) is 17.8. The zero-order valence-corrected chi connectivity index (χ0v) is 20.8. The number of halogens is 2. The van der Waals surface area contributed by atoms with E-state index in [1.54, 1.807) is 0 Å². The topological polar surface area (TPSA) is 0 Å². The van der Waals surface area contributed by atoms with E-state index in [2.05, 4.69) is 93.5 Å². The number of rotatable bonds is 0. The molecule has 0 N–H and O–H groups in total. The van der Waals surface area contributed by atoms with Gasteiger partial charge in [0.2, 0.25) is 0 Å². The van der Waals surface area contributed by atoms with Gasteiger partial charge in [0, 0.05) is 0 Å². The molecule has 4 aromatic carbocycles. The molecule has 0 aliphatic heterocycles. The number of hydrogen-bond donors (Lipinski definition) is 0. The van der Waals surface area contributed by atoms with Crippen LogP contribution in [-0.4, -0.2) is 6.88 Å². The number of benzene rings is 2. The van der Waals surface area contributed by atoms with Crippen LogP contribution in [0.1, 0.15) is 11.1 Å². The van der Waals surface area contributed by atoms with Gasteiger partial charge in [-0.3, -0.25) is 0 Å². The molecule has 0 spiro atoms. The third-order valence-corrected chi connectivity index (χ3v) is 3.80. The first-order valence-electron chi connectivity index (χ1n) is 7.23. The zero-order valence-electron chi connectivity index (χ0n) is 15.7. The summed E-state index contributed by atoms with van der Waals surface area (Å²) < 4.78 is 0. The summed E-state index contributed by atoms with van der Waals surface area (Å²) in [6.45, 7) is 7.34. The standard InChI is InChI=1S/2C10H9.2CH3.2ClH.Si.Zr/c2*1-8-6-7-9-4-2-3-5-10(8)9;;;;;;/h2*2-7H,1H3;2*1H3;2*1H;;/q4*-1;;;;. The molecule has 0 bridgehead atoms. The van der Waals surface area contributed by atoms with E-state index in [0.717, 1.165) is 0 Å². The Morgan fingerprint density at radius 3 is 1.27 bits per heavy atom. The van der Waals surface area contributed by atoms with Crippen LogP contribution in [-0.2, 0) is 23.3 Å². The molecule has 0 saturated carbocycles. The molecule has 0 atom stereocenters. The molecule has 26 heavy (non-hydrogen) atoms. The van der Waals surface area contributed by atoms with Crippen LogP contribution in [0.25, 0.3) is 21.5 Å². The summed E-state index contributed by atoms with van der Waals surface area (Å²) in [5, 5.41) is 5.45. The van der Waals surface area contributed by atoms with Crippen molar-refractivity contribution in [3.63, 3.8) is 0 Å². The number of aryl methyl sites for hydroxylation is 2. The van der Waals surface area contributed by atoms with Crippen molar-refractivity contribution < 1.29 is 23.3 Å². The summed E-state index contributed by atoms with van der Waals surface area (Å²) in [5.74, 6) is 0. The van der Waals surface area contributed by atoms with Gasteiger partial charge in [0.15, 0.2) is 0 Å². The Morgan fingerprint density at radius 2 is 0.962 bits per heavy atom. The molecule has 0 aliphatic carbocycles. The molecular weight excluding hydrogens is 454 g/mol. The fraction of sp³-hybridized carbons (Fsp3) is 0.0909. The zero-order chi connectivity index (χ0) is 15.9. The summed E-state index contributed by atoms with van der Waals surface area (Å²) in [7, 11) is 0. The van der Waals surface area contributed by atoms with Crippen molar-refractivity contribution in [2.75, 3.05) is 0 Å². The molecule has 0 fully saturated rings. The Bertz CT molecular complexity index is 792. The number of hydrogen-bond acceptors (Lipinski definition) is 0. The minimum atomic E-state index is 0. The Hall–Kier alpha value is -0.660. The molecule has 0 unspecified atom stereocenters. The van der Waals surface area contributed by atoms with Gasteiger partial charge in [-0.2, -0.15) is 23.3 Å². The van der Waals surface area contributed by atoms with Gasteiger partial charge in [0.25, 0.3) is 0 Å². The van der Waals surface area contributed by atoms with Crippen LogP contribution >= 0.6 is 24.8 Å². The molecule has 0 aliphatic rings. The third-order valence-electron chi connectivity index (χ3n) is 3.80. The summed E-state index contributed by atoms with van der Waals surface area (Å²) >= 11 is 1.36. The van der Waals surface area contributed by atoms with Gasteiger partial charge < -0.3 is 14.9 Å². The van der Waals surface area contributed by atoms with Crippen LogP contribution in [0.3, 0.4) is 0 Å². The average molecular weight is 481 g/mol. The summed E-state index contributed by atoms with van der Waals surface area (Å²) in [4.78, 5) is 0. The van der Waals surface area contributed by atoms with Gasteiger partial charge in [0.1, 0.15) is 0 Å². The van der Waals surface area contributed by atoms with Crippen LogP contribution in [0.5, 0.6) is 0 Å². The first-order chi connectivity index (χ1) is 10.8. The van der Waals surface area contributed by atoms with E-state index < -0.39 is 0 Å². The molecule has 0 aromatic heterocycles. The first-order valence-corrected chi connectivity index (χ1v) is 11.4. The van der Waals surface area contributed by atoms with E-state index in [9.17, 15) is 0 Å². The third kappa shape index (κ3) is 7.53. The second-order valence-electron chi connectivity index (χ2n) is 5.21. The van der Waals surface area contributed by atoms with Crippen molar-refractivity contribution in [2.24, 2.45) is 0 Å². The van der Waals surface area contributed by atoms with Gasteiger partial charge in [-0.1, -0.05) is 26.0 Å². The van der Waals surface area contributed by atoms with Gasteiger partial charge in [-0.25, -0.2) is 0 Å². The van der Waals surface area contributed by atoms with Crippen LogP contribution < -0.4 is 0 Å². The molecule has 4 rings (SSSR count). The van der Waals surface area contributed by atoms with Gasteiger partial charge in [-0.05, 0) is 0 Å². The molecule has 0 amide bonds. The van der Waals surface area contributed by atoms with Crippen LogP contribution in [0, 0.1) is 28.7 Å². The van der Waals surface area contributed by atoms with E-state index in [1.165, 1.54) is 56.0 Å². The maximum absolute atomic E-state index is 3.06. The maximum atomic E-state index is 3.06. The van der Waals surface area contributed by atoms with Crippen LogP contribution in [0.15, 0.2) is 72.8 Å². The van der Waals surface area contributed by atoms with Crippen molar-refractivity contribution in [2.45, 2.75) is 13.8 Å². The van der Waals surface area contributed by atoms with E-state index in [0.29, 0.717) is 0 Å². The number of fused-ring (bicyclic) bond motifs is 2. The molecular formula is C22H26Cl2SiZr-4. The molecule has 0 saturated heterocycles.